The lowest BCUT2D eigenvalue weighted by Crippen LogP contribution is -2.21. The normalized spacial score (nSPS) is 11.3. The van der Waals surface area contributed by atoms with Crippen molar-refractivity contribution in [3.8, 4) is 5.69 Å². The number of carbonyl (C=O) groups is 2. The van der Waals surface area contributed by atoms with E-state index in [9.17, 15) is 22.8 Å². The Morgan fingerprint density at radius 3 is 2.32 bits per heavy atom. The first-order chi connectivity index (χ1) is 14.6. The van der Waals surface area contributed by atoms with E-state index in [4.69, 9.17) is 0 Å². The monoisotopic (exact) mass is 430 g/mol. The van der Waals surface area contributed by atoms with Crippen LogP contribution in [0.4, 0.5) is 24.5 Å². The molecule has 1 heterocycles. The Morgan fingerprint density at radius 1 is 1.03 bits per heavy atom. The highest BCUT2D eigenvalue weighted by atomic mass is 19.4. The molecule has 0 atom stereocenters. The summed E-state index contributed by atoms with van der Waals surface area (Å²) < 4.78 is 42.2. The summed E-state index contributed by atoms with van der Waals surface area (Å²) in [6.45, 7) is 5.20. The maximum atomic E-state index is 13.8. The zero-order valence-electron chi connectivity index (χ0n) is 17.2. The Balaban J connectivity index is 1.96. The number of amides is 2. The van der Waals surface area contributed by atoms with Gasteiger partial charge in [0, 0.05) is 17.8 Å². The van der Waals surface area contributed by atoms with Crippen LogP contribution in [0.2, 0.25) is 0 Å². The molecule has 3 rings (SSSR count). The molecule has 0 aliphatic carbocycles. The van der Waals surface area contributed by atoms with Crippen molar-refractivity contribution in [3.63, 3.8) is 0 Å². The third kappa shape index (κ3) is 4.93. The highest BCUT2D eigenvalue weighted by molar-refractivity contribution is 6.06. The Bertz CT molecular complexity index is 1120. The van der Waals surface area contributed by atoms with Crippen molar-refractivity contribution < 1.29 is 22.8 Å². The zero-order valence-corrected chi connectivity index (χ0v) is 17.2. The van der Waals surface area contributed by atoms with Crippen molar-refractivity contribution in [3.05, 3.63) is 71.0 Å². The summed E-state index contributed by atoms with van der Waals surface area (Å²) in [4.78, 5) is 24.4. The Morgan fingerprint density at radius 2 is 1.71 bits per heavy atom. The topological polar surface area (TPSA) is 76.0 Å². The van der Waals surface area contributed by atoms with Crippen LogP contribution in [-0.4, -0.2) is 21.6 Å². The number of aryl methyl sites for hydroxylation is 2. The van der Waals surface area contributed by atoms with Gasteiger partial charge in [-0.25, -0.2) is 4.68 Å². The van der Waals surface area contributed by atoms with Crippen LogP contribution in [0.15, 0.2) is 48.7 Å². The fourth-order valence-electron chi connectivity index (χ4n) is 2.94. The standard InChI is InChI=1S/C22H21F3N4O2/c1-4-19(30)27-15-8-7-14(3)18(11-15)28-21(31)17-12-26-29(20(17)22(23,24)25)16-9-5-13(2)6-10-16/h5-12H,4H2,1-3H3,(H,27,30)(H,28,31). The molecular weight excluding hydrogens is 409 g/mol. The van der Waals surface area contributed by atoms with Crippen molar-refractivity contribution in [2.24, 2.45) is 0 Å². The van der Waals surface area contributed by atoms with Crippen LogP contribution in [0, 0.1) is 13.8 Å². The van der Waals surface area contributed by atoms with E-state index in [0.717, 1.165) is 11.8 Å². The average molecular weight is 430 g/mol. The first-order valence-corrected chi connectivity index (χ1v) is 9.54. The summed E-state index contributed by atoms with van der Waals surface area (Å²) in [5, 5.41) is 8.97. The predicted octanol–water partition coefficient (Wildman–Crippen LogP) is 5.11. The third-order valence-electron chi connectivity index (χ3n) is 4.65. The Labute approximate surface area is 177 Å². The van der Waals surface area contributed by atoms with Crippen LogP contribution in [0.3, 0.4) is 0 Å². The first-order valence-electron chi connectivity index (χ1n) is 9.54. The largest absolute Gasteiger partial charge is 0.434 e. The number of halogens is 3. The van der Waals surface area contributed by atoms with Gasteiger partial charge in [0.1, 0.15) is 0 Å². The molecule has 3 aromatic rings. The lowest BCUT2D eigenvalue weighted by atomic mass is 10.1. The van der Waals surface area contributed by atoms with Crippen LogP contribution in [-0.2, 0) is 11.0 Å². The number of aromatic nitrogens is 2. The molecule has 31 heavy (non-hydrogen) atoms. The van der Waals surface area contributed by atoms with E-state index in [1.807, 2.05) is 6.92 Å². The lowest BCUT2D eigenvalue weighted by molar-refractivity contribution is -0.143. The smallest absolute Gasteiger partial charge is 0.326 e. The molecule has 162 valence electrons. The predicted molar refractivity (Wildman–Crippen MR) is 111 cm³/mol. The van der Waals surface area contributed by atoms with Gasteiger partial charge in [0.2, 0.25) is 5.91 Å². The number of hydrogen-bond acceptors (Lipinski definition) is 3. The second kappa shape index (κ2) is 8.63. The van der Waals surface area contributed by atoms with E-state index in [1.165, 1.54) is 18.2 Å². The Kier molecular flexibility index (Phi) is 6.14. The van der Waals surface area contributed by atoms with Gasteiger partial charge < -0.3 is 10.6 Å². The van der Waals surface area contributed by atoms with E-state index < -0.39 is 23.3 Å². The number of hydrogen-bond donors (Lipinski definition) is 2. The van der Waals surface area contributed by atoms with Crippen LogP contribution < -0.4 is 10.6 Å². The summed E-state index contributed by atoms with van der Waals surface area (Å²) in [6, 6.07) is 11.1. The molecule has 0 aliphatic heterocycles. The average Bonchev–Trinajstić information content (AvgIpc) is 3.17. The van der Waals surface area contributed by atoms with Crippen LogP contribution in [0.25, 0.3) is 5.69 Å². The summed E-state index contributed by atoms with van der Waals surface area (Å²) in [5.41, 5.74) is 0.652. The van der Waals surface area contributed by atoms with E-state index >= 15 is 0 Å². The van der Waals surface area contributed by atoms with E-state index in [-0.39, 0.29) is 23.7 Å². The molecule has 0 saturated carbocycles. The number of anilines is 2. The molecule has 0 bridgehead atoms. The molecule has 2 aromatic carbocycles. The summed E-state index contributed by atoms with van der Waals surface area (Å²) in [7, 11) is 0. The minimum atomic E-state index is -4.81. The molecular formula is C22H21F3N4O2. The van der Waals surface area contributed by atoms with Crippen molar-refractivity contribution >= 4 is 23.2 Å². The highest BCUT2D eigenvalue weighted by Gasteiger charge is 2.40. The van der Waals surface area contributed by atoms with Gasteiger partial charge in [0.05, 0.1) is 17.4 Å². The second-order valence-electron chi connectivity index (χ2n) is 7.04. The van der Waals surface area contributed by atoms with Crippen LogP contribution in [0.5, 0.6) is 0 Å². The van der Waals surface area contributed by atoms with Gasteiger partial charge in [-0.2, -0.15) is 18.3 Å². The van der Waals surface area contributed by atoms with Crippen molar-refractivity contribution in [1.82, 2.24) is 9.78 Å². The number of nitrogens with one attached hydrogen (secondary N) is 2. The summed E-state index contributed by atoms with van der Waals surface area (Å²) in [5.74, 6) is -1.17. The molecule has 2 N–H and O–H groups in total. The van der Waals surface area contributed by atoms with E-state index in [1.54, 1.807) is 38.1 Å². The highest BCUT2D eigenvalue weighted by Crippen LogP contribution is 2.34. The van der Waals surface area contributed by atoms with Gasteiger partial charge in [-0.1, -0.05) is 30.7 Å². The quantitative estimate of drug-likeness (QED) is 0.591. The first kappa shape index (κ1) is 22.1. The van der Waals surface area contributed by atoms with Gasteiger partial charge in [-0.3, -0.25) is 9.59 Å². The van der Waals surface area contributed by atoms with Gasteiger partial charge >= 0.3 is 6.18 Å². The number of rotatable bonds is 5. The molecule has 0 saturated heterocycles. The molecule has 0 aliphatic rings. The van der Waals surface area contributed by atoms with Crippen molar-refractivity contribution in [2.45, 2.75) is 33.4 Å². The minimum Gasteiger partial charge on any atom is -0.326 e. The zero-order chi connectivity index (χ0) is 22.8. The van der Waals surface area contributed by atoms with E-state index in [2.05, 4.69) is 15.7 Å². The molecule has 0 unspecified atom stereocenters. The fourth-order valence-corrected chi connectivity index (χ4v) is 2.94. The maximum Gasteiger partial charge on any atom is 0.434 e. The molecule has 0 fully saturated rings. The molecule has 1 aromatic heterocycles. The number of alkyl halides is 3. The maximum absolute atomic E-state index is 13.8. The summed E-state index contributed by atoms with van der Waals surface area (Å²) in [6.07, 6.45) is -3.64. The SMILES string of the molecule is CCC(=O)Nc1ccc(C)c(NC(=O)c2cnn(-c3ccc(C)cc3)c2C(F)(F)F)c1. The molecule has 0 radical (unpaired) electrons. The van der Waals surface area contributed by atoms with Gasteiger partial charge in [0.25, 0.3) is 5.91 Å². The third-order valence-corrected chi connectivity index (χ3v) is 4.65. The number of benzene rings is 2. The van der Waals surface area contributed by atoms with Gasteiger partial charge in [-0.05, 0) is 43.7 Å². The molecule has 6 nitrogen and oxygen atoms in total. The van der Waals surface area contributed by atoms with Gasteiger partial charge in [-0.15, -0.1) is 0 Å². The second-order valence-corrected chi connectivity index (χ2v) is 7.04. The number of nitrogens with zero attached hydrogens (tertiary/aromatic N) is 2. The minimum absolute atomic E-state index is 0.192. The van der Waals surface area contributed by atoms with Crippen molar-refractivity contribution in [1.29, 1.82) is 0 Å². The van der Waals surface area contributed by atoms with Gasteiger partial charge in [0.15, 0.2) is 5.69 Å². The lowest BCUT2D eigenvalue weighted by Gasteiger charge is -2.14. The van der Waals surface area contributed by atoms with E-state index in [0.29, 0.717) is 15.9 Å². The van der Waals surface area contributed by atoms with Crippen LogP contribution >= 0.6 is 0 Å². The molecule has 2 amide bonds. The summed E-state index contributed by atoms with van der Waals surface area (Å²) >= 11 is 0. The van der Waals surface area contributed by atoms with Crippen molar-refractivity contribution in [2.75, 3.05) is 10.6 Å². The Hall–Kier alpha value is -3.62. The fraction of sp³-hybridized carbons (Fsp3) is 0.227. The molecule has 9 heteroatoms. The number of carbonyl (C=O) groups excluding carboxylic acids is 2. The van der Waals surface area contributed by atoms with Crippen LogP contribution in [0.1, 0.15) is 40.5 Å². The molecule has 0 spiro atoms.